The molecule has 0 unspecified atom stereocenters. The molecule has 10 nitrogen and oxygen atoms in total. The molecule has 1 aliphatic heterocycles. The SMILES string of the molecule is CC(C)NC(C)(C)C=C(C#N)C(=O)N1CCC[C@@H]1Cn1nc(-c2ccc(Oc3ccccc3)cc2F)c2c(N)ncnc21. The number of nitrogens with two attached hydrogens (primary N) is 1. The summed E-state index contributed by atoms with van der Waals surface area (Å²) in [7, 11) is 0. The molecule has 1 fully saturated rings. The largest absolute Gasteiger partial charge is 0.457 e. The van der Waals surface area contributed by atoms with Gasteiger partial charge in [0, 0.05) is 29.8 Å². The van der Waals surface area contributed by atoms with E-state index in [2.05, 4.69) is 21.4 Å². The molecule has 222 valence electrons. The molecule has 11 heteroatoms. The highest BCUT2D eigenvalue weighted by Crippen LogP contribution is 2.35. The number of rotatable bonds is 9. The van der Waals surface area contributed by atoms with Crippen molar-refractivity contribution in [3.05, 3.63) is 72.3 Å². The minimum absolute atomic E-state index is 0.0857. The lowest BCUT2D eigenvalue weighted by molar-refractivity contribution is -0.127. The van der Waals surface area contributed by atoms with Crippen LogP contribution < -0.4 is 15.8 Å². The number of aromatic nitrogens is 4. The van der Waals surface area contributed by atoms with E-state index >= 15 is 4.39 Å². The summed E-state index contributed by atoms with van der Waals surface area (Å²) in [5.74, 6) is 0.238. The van der Waals surface area contributed by atoms with E-state index in [-0.39, 0.29) is 34.9 Å². The second kappa shape index (κ2) is 12.2. The van der Waals surface area contributed by atoms with E-state index in [1.165, 1.54) is 12.4 Å². The molecule has 0 bridgehead atoms. The number of nitriles is 1. The van der Waals surface area contributed by atoms with Gasteiger partial charge in [-0.3, -0.25) is 4.79 Å². The van der Waals surface area contributed by atoms with Crippen LogP contribution in [0.1, 0.15) is 40.5 Å². The number of carbonyl (C=O) groups is 1. The van der Waals surface area contributed by atoms with Crippen LogP contribution in [0.4, 0.5) is 10.2 Å². The quantitative estimate of drug-likeness (QED) is 0.203. The van der Waals surface area contributed by atoms with Crippen molar-refractivity contribution in [2.75, 3.05) is 12.3 Å². The molecule has 1 saturated heterocycles. The van der Waals surface area contributed by atoms with Gasteiger partial charge in [-0.1, -0.05) is 32.0 Å². The van der Waals surface area contributed by atoms with E-state index in [9.17, 15) is 10.1 Å². The highest BCUT2D eigenvalue weighted by molar-refractivity contribution is 5.99. The summed E-state index contributed by atoms with van der Waals surface area (Å²) in [5, 5.41) is 18.4. The number of halogens is 1. The minimum Gasteiger partial charge on any atom is -0.457 e. The van der Waals surface area contributed by atoms with Crippen LogP contribution in [0.5, 0.6) is 11.5 Å². The monoisotopic (exact) mass is 582 g/mol. The molecule has 1 aliphatic rings. The number of fused-ring (bicyclic) bond motifs is 1. The summed E-state index contributed by atoms with van der Waals surface area (Å²) < 4.78 is 22.9. The number of likely N-dealkylation sites (tertiary alicyclic amines) is 1. The molecule has 0 spiro atoms. The lowest BCUT2D eigenvalue weighted by atomic mass is 9.99. The lowest BCUT2D eigenvalue weighted by Crippen LogP contribution is -2.44. The zero-order valence-corrected chi connectivity index (χ0v) is 24.7. The predicted molar refractivity (Wildman–Crippen MR) is 162 cm³/mol. The Morgan fingerprint density at radius 1 is 1.23 bits per heavy atom. The summed E-state index contributed by atoms with van der Waals surface area (Å²) in [4.78, 5) is 23.8. The van der Waals surface area contributed by atoms with Gasteiger partial charge < -0.3 is 20.7 Å². The Morgan fingerprint density at radius 3 is 2.70 bits per heavy atom. The zero-order chi connectivity index (χ0) is 30.7. The molecule has 0 radical (unpaired) electrons. The highest BCUT2D eigenvalue weighted by atomic mass is 19.1. The Labute approximate surface area is 250 Å². The summed E-state index contributed by atoms with van der Waals surface area (Å²) >= 11 is 0. The van der Waals surface area contributed by atoms with E-state index in [0.717, 1.165) is 12.8 Å². The predicted octanol–water partition coefficient (Wildman–Crippen LogP) is 5.22. The molecule has 4 aromatic rings. The Hall–Kier alpha value is -4.82. The van der Waals surface area contributed by atoms with E-state index in [0.29, 0.717) is 41.3 Å². The van der Waals surface area contributed by atoms with Crippen LogP contribution >= 0.6 is 0 Å². The Balaban J connectivity index is 1.45. The van der Waals surface area contributed by atoms with Crippen LogP contribution in [-0.2, 0) is 11.3 Å². The van der Waals surface area contributed by atoms with Crippen molar-refractivity contribution in [2.45, 2.75) is 64.7 Å². The topological polar surface area (TPSA) is 135 Å². The molecule has 2 aromatic carbocycles. The number of ether oxygens (including phenoxy) is 1. The average molecular weight is 583 g/mol. The van der Waals surface area contributed by atoms with E-state index in [4.69, 9.17) is 15.6 Å². The molecule has 1 atom stereocenters. The number of nitrogens with zero attached hydrogens (tertiary/aromatic N) is 6. The molecule has 0 saturated carbocycles. The lowest BCUT2D eigenvalue weighted by Gasteiger charge is -2.28. The minimum atomic E-state index is -0.544. The van der Waals surface area contributed by atoms with E-state index in [1.54, 1.807) is 39.9 Å². The second-order valence-corrected chi connectivity index (χ2v) is 11.5. The van der Waals surface area contributed by atoms with Crippen molar-refractivity contribution in [3.8, 4) is 28.8 Å². The number of nitrogens with one attached hydrogen (secondary N) is 1. The number of hydrogen-bond donors (Lipinski definition) is 2. The van der Waals surface area contributed by atoms with Gasteiger partial charge in [0.1, 0.15) is 46.8 Å². The fourth-order valence-corrected chi connectivity index (χ4v) is 5.66. The van der Waals surface area contributed by atoms with Crippen molar-refractivity contribution in [1.29, 1.82) is 5.26 Å². The number of benzene rings is 2. The van der Waals surface area contributed by atoms with Crippen LogP contribution in [0.2, 0.25) is 0 Å². The third kappa shape index (κ3) is 6.49. The standard InChI is InChI=1S/C32H35FN8O2/c1-20(2)38-32(3,4)16-21(17-34)31(42)40-14-8-9-22(40)18-41-30-27(29(35)36-19-37-30)28(39-41)25-13-12-24(15-26(25)33)43-23-10-6-5-7-11-23/h5-7,10-13,15-16,19-20,22,38H,8-9,14,18H2,1-4H3,(H2,35,36,37)/t22-/m1/s1. The normalized spacial score (nSPS) is 15.7. The molecule has 5 rings (SSSR count). The fraction of sp³-hybridized carbons (Fsp3) is 0.344. The highest BCUT2D eigenvalue weighted by Gasteiger charge is 2.33. The van der Waals surface area contributed by atoms with Gasteiger partial charge in [-0.05, 0) is 57.0 Å². The average Bonchev–Trinajstić information content (AvgIpc) is 3.57. The third-order valence-corrected chi connectivity index (χ3v) is 7.27. The molecule has 43 heavy (non-hydrogen) atoms. The molecular weight excluding hydrogens is 547 g/mol. The maximum Gasteiger partial charge on any atom is 0.264 e. The molecule has 3 N–H and O–H groups in total. The Morgan fingerprint density at radius 2 is 2.00 bits per heavy atom. The Bertz CT molecular complexity index is 1710. The third-order valence-electron chi connectivity index (χ3n) is 7.27. The summed E-state index contributed by atoms with van der Waals surface area (Å²) in [6, 6.07) is 15.7. The van der Waals surface area contributed by atoms with Gasteiger partial charge in [-0.15, -0.1) is 0 Å². The van der Waals surface area contributed by atoms with Crippen molar-refractivity contribution in [3.63, 3.8) is 0 Å². The second-order valence-electron chi connectivity index (χ2n) is 11.5. The molecule has 1 amide bonds. The molecule has 2 aromatic heterocycles. The number of anilines is 1. The number of nitrogen functional groups attached to an aromatic ring is 1. The van der Waals surface area contributed by atoms with Crippen molar-refractivity contribution in [2.24, 2.45) is 0 Å². The van der Waals surface area contributed by atoms with Crippen LogP contribution in [0, 0.1) is 17.1 Å². The summed E-state index contributed by atoms with van der Waals surface area (Å²) in [5.41, 5.74) is 6.75. The van der Waals surface area contributed by atoms with Crippen LogP contribution in [0.25, 0.3) is 22.3 Å². The van der Waals surface area contributed by atoms with E-state index < -0.39 is 11.4 Å². The Kier molecular flexibility index (Phi) is 8.41. The van der Waals surface area contributed by atoms with E-state index in [1.807, 2.05) is 45.9 Å². The van der Waals surface area contributed by atoms with Crippen LogP contribution in [-0.4, -0.2) is 54.7 Å². The number of para-hydroxylation sites is 1. The number of carbonyl (C=O) groups excluding carboxylic acids is 1. The van der Waals surface area contributed by atoms with Gasteiger partial charge in [0.15, 0.2) is 5.65 Å². The van der Waals surface area contributed by atoms with Gasteiger partial charge in [-0.25, -0.2) is 19.0 Å². The maximum atomic E-state index is 15.5. The molecule has 3 heterocycles. The van der Waals surface area contributed by atoms with Crippen LogP contribution in [0.15, 0.2) is 66.5 Å². The van der Waals surface area contributed by atoms with Crippen molar-refractivity contribution >= 4 is 22.8 Å². The smallest absolute Gasteiger partial charge is 0.264 e. The van der Waals surface area contributed by atoms with Gasteiger partial charge in [-0.2, -0.15) is 10.4 Å². The van der Waals surface area contributed by atoms with Crippen molar-refractivity contribution in [1.82, 2.24) is 30.0 Å². The number of amides is 1. The molecule has 0 aliphatic carbocycles. The van der Waals surface area contributed by atoms with Crippen LogP contribution in [0.3, 0.4) is 0 Å². The first kappa shape index (κ1) is 29.7. The van der Waals surface area contributed by atoms with Gasteiger partial charge in [0.05, 0.1) is 18.0 Å². The van der Waals surface area contributed by atoms with Gasteiger partial charge >= 0.3 is 0 Å². The zero-order valence-electron chi connectivity index (χ0n) is 24.7. The first-order valence-electron chi connectivity index (χ1n) is 14.3. The first-order chi connectivity index (χ1) is 20.6. The summed E-state index contributed by atoms with van der Waals surface area (Å²) in [6.45, 7) is 8.69. The fourth-order valence-electron chi connectivity index (χ4n) is 5.66. The van der Waals surface area contributed by atoms with Gasteiger partial charge in [0.25, 0.3) is 5.91 Å². The number of hydrogen-bond acceptors (Lipinski definition) is 8. The first-order valence-corrected chi connectivity index (χ1v) is 14.3. The summed E-state index contributed by atoms with van der Waals surface area (Å²) in [6.07, 6.45) is 4.53. The van der Waals surface area contributed by atoms with Crippen molar-refractivity contribution < 1.29 is 13.9 Å². The maximum absolute atomic E-state index is 15.5. The molecular formula is C32H35FN8O2. The van der Waals surface area contributed by atoms with Gasteiger partial charge in [0.2, 0.25) is 0 Å².